The van der Waals surface area contributed by atoms with Crippen molar-refractivity contribution in [2.24, 2.45) is 0 Å². The molecule has 0 saturated heterocycles. The molecule has 146 valence electrons. The fraction of sp³-hybridized carbons (Fsp3) is 0.350. The van der Waals surface area contributed by atoms with Gasteiger partial charge in [-0.15, -0.1) is 0 Å². The molecule has 2 aromatic carbocycles. The average Bonchev–Trinajstić information content (AvgIpc) is 2.61. The third-order valence-electron chi connectivity index (χ3n) is 4.41. The van der Waals surface area contributed by atoms with E-state index in [2.05, 4.69) is 5.32 Å². The van der Waals surface area contributed by atoms with Crippen LogP contribution in [0.4, 0.5) is 24.5 Å². The van der Waals surface area contributed by atoms with Crippen molar-refractivity contribution in [1.29, 1.82) is 0 Å². The van der Waals surface area contributed by atoms with Gasteiger partial charge in [0.15, 0.2) is 0 Å². The molecular weight excluding hydrogens is 355 g/mol. The Morgan fingerprint density at radius 2 is 1.56 bits per heavy atom. The molecule has 2 rings (SSSR count). The summed E-state index contributed by atoms with van der Waals surface area (Å²) in [6.45, 7) is 2.12. The smallest absolute Gasteiger partial charge is 0.378 e. The Balaban J connectivity index is 1.95. The Kier molecular flexibility index (Phi) is 6.49. The van der Waals surface area contributed by atoms with Gasteiger partial charge in [-0.3, -0.25) is 9.69 Å². The summed E-state index contributed by atoms with van der Waals surface area (Å²) in [5.74, 6) is -0.179. The summed E-state index contributed by atoms with van der Waals surface area (Å²) in [5.41, 5.74) is 1.75. The largest absolute Gasteiger partial charge is 0.416 e. The van der Waals surface area contributed by atoms with E-state index >= 15 is 0 Å². The molecule has 1 N–H and O–H groups in total. The molecule has 2 aromatic rings. The molecule has 0 aromatic heterocycles. The minimum atomic E-state index is -4.35. The van der Waals surface area contributed by atoms with Gasteiger partial charge in [0.2, 0.25) is 5.91 Å². The number of carbonyl (C=O) groups excluding carboxylic acids is 1. The second kappa shape index (κ2) is 8.43. The van der Waals surface area contributed by atoms with Crippen molar-refractivity contribution in [3.05, 3.63) is 59.7 Å². The number of likely N-dealkylation sites (N-methyl/N-ethyl adjacent to an activating group) is 1. The molecule has 7 heteroatoms. The summed E-state index contributed by atoms with van der Waals surface area (Å²) >= 11 is 0. The van der Waals surface area contributed by atoms with E-state index in [-0.39, 0.29) is 5.91 Å². The van der Waals surface area contributed by atoms with Crippen LogP contribution in [0.3, 0.4) is 0 Å². The molecule has 0 radical (unpaired) electrons. The van der Waals surface area contributed by atoms with Crippen molar-refractivity contribution in [3.63, 3.8) is 0 Å². The van der Waals surface area contributed by atoms with Gasteiger partial charge in [0.25, 0.3) is 0 Å². The van der Waals surface area contributed by atoms with E-state index in [4.69, 9.17) is 0 Å². The zero-order chi connectivity index (χ0) is 20.2. The van der Waals surface area contributed by atoms with E-state index in [0.29, 0.717) is 17.8 Å². The van der Waals surface area contributed by atoms with Crippen LogP contribution in [0.1, 0.15) is 18.1 Å². The Labute approximate surface area is 157 Å². The van der Waals surface area contributed by atoms with Gasteiger partial charge in [-0.1, -0.05) is 12.1 Å². The highest BCUT2D eigenvalue weighted by Crippen LogP contribution is 2.29. The number of anilines is 2. The molecule has 0 aliphatic heterocycles. The minimum absolute atomic E-state index is 0.179. The number of nitrogens with zero attached hydrogens (tertiary/aromatic N) is 2. The Bertz CT molecular complexity index is 756. The number of alkyl halides is 3. The third-order valence-corrected chi connectivity index (χ3v) is 4.41. The predicted molar refractivity (Wildman–Crippen MR) is 102 cm³/mol. The molecule has 4 nitrogen and oxygen atoms in total. The van der Waals surface area contributed by atoms with Gasteiger partial charge in [-0.25, -0.2) is 0 Å². The van der Waals surface area contributed by atoms with Crippen LogP contribution in [0.25, 0.3) is 0 Å². The normalized spacial score (nSPS) is 12.7. The number of halogens is 3. The van der Waals surface area contributed by atoms with Gasteiger partial charge in [-0.2, -0.15) is 13.2 Å². The topological polar surface area (TPSA) is 35.6 Å². The maximum Gasteiger partial charge on any atom is 0.416 e. The predicted octanol–water partition coefficient (Wildman–Crippen LogP) is 4.23. The Morgan fingerprint density at radius 1 is 1.00 bits per heavy atom. The molecule has 0 bridgehead atoms. The van der Waals surface area contributed by atoms with Gasteiger partial charge < -0.3 is 10.2 Å². The van der Waals surface area contributed by atoms with Gasteiger partial charge >= 0.3 is 6.18 Å². The van der Waals surface area contributed by atoms with Crippen molar-refractivity contribution >= 4 is 17.3 Å². The summed E-state index contributed by atoms with van der Waals surface area (Å²) in [6.07, 6.45) is -4.35. The van der Waals surface area contributed by atoms with E-state index in [0.717, 1.165) is 17.8 Å². The molecule has 0 aliphatic rings. The van der Waals surface area contributed by atoms with E-state index in [9.17, 15) is 18.0 Å². The fourth-order valence-corrected chi connectivity index (χ4v) is 2.51. The number of hydrogen-bond acceptors (Lipinski definition) is 3. The highest BCUT2D eigenvalue weighted by Gasteiger charge is 2.30. The minimum Gasteiger partial charge on any atom is -0.378 e. The van der Waals surface area contributed by atoms with Crippen LogP contribution in [0.2, 0.25) is 0 Å². The zero-order valence-corrected chi connectivity index (χ0v) is 15.8. The lowest BCUT2D eigenvalue weighted by Gasteiger charge is -2.24. The fourth-order valence-electron chi connectivity index (χ4n) is 2.51. The molecule has 0 fully saturated rings. The highest BCUT2D eigenvalue weighted by atomic mass is 19.4. The van der Waals surface area contributed by atoms with E-state index in [1.807, 2.05) is 43.3 Å². The molecule has 0 saturated carbocycles. The molecule has 0 aliphatic carbocycles. The molecule has 1 atom stereocenters. The van der Waals surface area contributed by atoms with Crippen molar-refractivity contribution in [2.45, 2.75) is 25.7 Å². The number of hydrogen-bond donors (Lipinski definition) is 1. The maximum atomic E-state index is 12.6. The van der Waals surface area contributed by atoms with Crippen LogP contribution < -0.4 is 10.2 Å². The summed E-state index contributed by atoms with van der Waals surface area (Å²) in [5, 5.41) is 2.86. The standard InChI is InChI=1S/C20H24F3N3O/c1-14(19(27)24-17-9-11-18(12-10-17)25(2)3)26(4)13-15-5-7-16(8-6-15)20(21,22)23/h5-12,14H,13H2,1-4H3,(H,24,27)/t14-/m1/s1. The summed E-state index contributed by atoms with van der Waals surface area (Å²) < 4.78 is 37.9. The van der Waals surface area contributed by atoms with E-state index < -0.39 is 17.8 Å². The average molecular weight is 379 g/mol. The number of rotatable bonds is 6. The van der Waals surface area contributed by atoms with Gasteiger partial charge in [0, 0.05) is 32.0 Å². The first-order valence-corrected chi connectivity index (χ1v) is 8.52. The molecule has 0 unspecified atom stereocenters. The van der Waals surface area contributed by atoms with Gasteiger partial charge in [0.1, 0.15) is 0 Å². The maximum absolute atomic E-state index is 12.6. The summed E-state index contributed by atoms with van der Waals surface area (Å²) in [6, 6.07) is 12.0. The number of nitrogens with one attached hydrogen (secondary N) is 1. The molecule has 0 spiro atoms. The summed E-state index contributed by atoms with van der Waals surface area (Å²) in [7, 11) is 5.63. The van der Waals surface area contributed by atoms with Crippen molar-refractivity contribution in [1.82, 2.24) is 4.90 Å². The Morgan fingerprint density at radius 3 is 2.04 bits per heavy atom. The highest BCUT2D eigenvalue weighted by molar-refractivity contribution is 5.94. The lowest BCUT2D eigenvalue weighted by atomic mass is 10.1. The van der Waals surface area contributed by atoms with E-state index in [1.165, 1.54) is 12.1 Å². The molecule has 1 amide bonds. The monoisotopic (exact) mass is 379 g/mol. The van der Waals surface area contributed by atoms with Crippen LogP contribution in [-0.2, 0) is 17.5 Å². The zero-order valence-electron chi connectivity index (χ0n) is 15.8. The van der Waals surface area contributed by atoms with Gasteiger partial charge in [0.05, 0.1) is 11.6 Å². The van der Waals surface area contributed by atoms with Crippen LogP contribution in [0.15, 0.2) is 48.5 Å². The first-order valence-electron chi connectivity index (χ1n) is 8.52. The van der Waals surface area contributed by atoms with Crippen LogP contribution >= 0.6 is 0 Å². The number of carbonyl (C=O) groups is 1. The second-order valence-electron chi connectivity index (χ2n) is 6.72. The first kappa shape index (κ1) is 20.8. The van der Waals surface area contributed by atoms with Gasteiger partial charge in [-0.05, 0) is 55.9 Å². The number of benzene rings is 2. The van der Waals surface area contributed by atoms with Crippen LogP contribution in [-0.4, -0.2) is 38.0 Å². The number of amides is 1. The quantitative estimate of drug-likeness (QED) is 0.816. The first-order chi connectivity index (χ1) is 12.6. The van der Waals surface area contributed by atoms with Crippen LogP contribution in [0.5, 0.6) is 0 Å². The van der Waals surface area contributed by atoms with Crippen molar-refractivity contribution in [3.8, 4) is 0 Å². The second-order valence-corrected chi connectivity index (χ2v) is 6.72. The lowest BCUT2D eigenvalue weighted by Crippen LogP contribution is -2.39. The van der Waals surface area contributed by atoms with Crippen molar-refractivity contribution in [2.75, 3.05) is 31.4 Å². The molecule has 0 heterocycles. The SMILES string of the molecule is C[C@H](C(=O)Nc1ccc(N(C)C)cc1)N(C)Cc1ccc(C(F)(F)F)cc1. The summed E-state index contributed by atoms with van der Waals surface area (Å²) in [4.78, 5) is 16.2. The van der Waals surface area contributed by atoms with Crippen molar-refractivity contribution < 1.29 is 18.0 Å². The van der Waals surface area contributed by atoms with E-state index in [1.54, 1.807) is 18.9 Å². The molecule has 27 heavy (non-hydrogen) atoms. The Hall–Kier alpha value is -2.54. The molecular formula is C20H24F3N3O. The van der Waals surface area contributed by atoms with Crippen LogP contribution in [0, 0.1) is 0 Å². The lowest BCUT2D eigenvalue weighted by molar-refractivity contribution is -0.137. The third kappa shape index (κ3) is 5.72.